The molecule has 1 aromatic rings. The molecule has 5 heteroatoms. The van der Waals surface area contributed by atoms with Crippen molar-refractivity contribution in [3.8, 4) is 0 Å². The number of carboxylic acids is 1. The third-order valence-corrected chi connectivity index (χ3v) is 7.30. The van der Waals surface area contributed by atoms with Crippen molar-refractivity contribution in [1.29, 1.82) is 0 Å². The van der Waals surface area contributed by atoms with Gasteiger partial charge in [-0.05, 0) is 61.6 Å². The van der Waals surface area contributed by atoms with Gasteiger partial charge in [-0.1, -0.05) is 43.9 Å². The van der Waals surface area contributed by atoms with E-state index in [1.54, 1.807) is 0 Å². The fourth-order valence-electron chi connectivity index (χ4n) is 5.65. The Hall–Kier alpha value is -2.43. The lowest BCUT2D eigenvalue weighted by molar-refractivity contribution is -0.141. The second kappa shape index (κ2) is 8.37. The Labute approximate surface area is 178 Å². The zero-order valence-electron chi connectivity index (χ0n) is 17.5. The highest BCUT2D eigenvalue weighted by molar-refractivity contribution is 6.11. The van der Waals surface area contributed by atoms with Crippen molar-refractivity contribution in [2.24, 2.45) is 21.8 Å². The average molecular weight is 406 g/mol. The fourth-order valence-corrected chi connectivity index (χ4v) is 5.65. The summed E-state index contributed by atoms with van der Waals surface area (Å²) in [6.45, 7) is 0. The zero-order chi connectivity index (χ0) is 20.5. The summed E-state index contributed by atoms with van der Waals surface area (Å²) in [5, 5.41) is 13.0. The first-order valence-corrected chi connectivity index (χ1v) is 11.6. The van der Waals surface area contributed by atoms with Crippen molar-refractivity contribution in [3.63, 3.8) is 0 Å². The maximum absolute atomic E-state index is 11.3. The molecule has 0 spiro atoms. The number of nitrogens with zero attached hydrogens (tertiary/aromatic N) is 2. The SMILES string of the molecule is O=C(O)C1CCC(c2cccc(NC3N=C(CC4CCCC4)N=C4CCC=C43)c2)C1. The van der Waals surface area contributed by atoms with E-state index in [0.29, 0.717) is 5.92 Å². The van der Waals surface area contributed by atoms with Crippen molar-refractivity contribution < 1.29 is 9.90 Å². The molecule has 3 unspecified atom stereocenters. The van der Waals surface area contributed by atoms with Crippen LogP contribution in [0.3, 0.4) is 0 Å². The Morgan fingerprint density at radius 1 is 1.17 bits per heavy atom. The molecule has 30 heavy (non-hydrogen) atoms. The van der Waals surface area contributed by atoms with Crippen molar-refractivity contribution in [3.05, 3.63) is 41.5 Å². The van der Waals surface area contributed by atoms with Gasteiger partial charge in [0.05, 0.1) is 5.92 Å². The largest absolute Gasteiger partial charge is 0.481 e. The molecule has 5 rings (SSSR count). The molecule has 158 valence electrons. The second-order valence-corrected chi connectivity index (χ2v) is 9.37. The van der Waals surface area contributed by atoms with E-state index in [9.17, 15) is 9.90 Å². The van der Waals surface area contributed by atoms with Gasteiger partial charge >= 0.3 is 5.97 Å². The van der Waals surface area contributed by atoms with Gasteiger partial charge < -0.3 is 10.4 Å². The number of hydrogen-bond acceptors (Lipinski definition) is 4. The minimum atomic E-state index is -0.655. The molecule has 0 bridgehead atoms. The summed E-state index contributed by atoms with van der Waals surface area (Å²) < 4.78 is 0. The molecule has 1 aliphatic heterocycles. The Balaban J connectivity index is 1.32. The molecule has 1 aromatic carbocycles. The van der Waals surface area contributed by atoms with Crippen LogP contribution in [0.1, 0.15) is 75.7 Å². The number of amidine groups is 1. The summed E-state index contributed by atoms with van der Waals surface area (Å²) in [4.78, 5) is 21.2. The number of aliphatic imine (C=N–C) groups is 2. The predicted molar refractivity (Wildman–Crippen MR) is 120 cm³/mol. The number of carboxylic acid groups (broad SMARTS) is 1. The number of nitrogens with one attached hydrogen (secondary N) is 1. The maximum atomic E-state index is 11.3. The average Bonchev–Trinajstić information content (AvgIpc) is 3.50. The third-order valence-electron chi connectivity index (χ3n) is 7.30. The van der Waals surface area contributed by atoms with Crippen LogP contribution in [0.5, 0.6) is 0 Å². The molecular formula is C25H31N3O2. The van der Waals surface area contributed by atoms with Crippen LogP contribution in [0.25, 0.3) is 0 Å². The van der Waals surface area contributed by atoms with Crippen LogP contribution in [0, 0.1) is 11.8 Å². The topological polar surface area (TPSA) is 74.0 Å². The van der Waals surface area contributed by atoms with E-state index in [1.807, 2.05) is 0 Å². The van der Waals surface area contributed by atoms with Crippen molar-refractivity contribution in [2.45, 2.75) is 76.3 Å². The van der Waals surface area contributed by atoms with Gasteiger partial charge in [0.1, 0.15) is 12.0 Å². The van der Waals surface area contributed by atoms with Gasteiger partial charge in [0.2, 0.25) is 0 Å². The second-order valence-electron chi connectivity index (χ2n) is 9.37. The van der Waals surface area contributed by atoms with Crippen LogP contribution in [-0.4, -0.2) is 28.8 Å². The molecule has 0 amide bonds. The lowest BCUT2D eigenvalue weighted by Crippen LogP contribution is -2.29. The standard InChI is InChI=1S/C25H31N3O2/c29-25(30)19-12-11-18(14-19)17-7-3-8-20(15-17)26-24-21-9-4-10-22(21)27-23(28-24)13-16-5-1-2-6-16/h3,7-9,15-16,18-19,24,26H,1-2,4-6,10-14H2,(H,29,30). The maximum Gasteiger partial charge on any atom is 0.306 e. The molecule has 3 aliphatic carbocycles. The first-order valence-electron chi connectivity index (χ1n) is 11.6. The summed E-state index contributed by atoms with van der Waals surface area (Å²) in [7, 11) is 0. The quantitative estimate of drug-likeness (QED) is 0.652. The molecule has 4 aliphatic rings. The van der Waals surface area contributed by atoms with Crippen LogP contribution in [0.4, 0.5) is 5.69 Å². The Bertz CT molecular complexity index is 911. The number of benzene rings is 1. The normalized spacial score (nSPS) is 28.7. The van der Waals surface area contributed by atoms with E-state index in [-0.39, 0.29) is 12.1 Å². The highest BCUT2D eigenvalue weighted by Crippen LogP contribution is 2.39. The van der Waals surface area contributed by atoms with Gasteiger partial charge in [-0.15, -0.1) is 0 Å². The van der Waals surface area contributed by atoms with Crippen molar-refractivity contribution in [2.75, 3.05) is 5.32 Å². The smallest absolute Gasteiger partial charge is 0.306 e. The van der Waals surface area contributed by atoms with E-state index in [0.717, 1.165) is 56.0 Å². The van der Waals surface area contributed by atoms with E-state index in [2.05, 4.69) is 35.7 Å². The van der Waals surface area contributed by atoms with Crippen LogP contribution >= 0.6 is 0 Å². The highest BCUT2D eigenvalue weighted by Gasteiger charge is 2.31. The lowest BCUT2D eigenvalue weighted by Gasteiger charge is -2.24. The molecule has 0 aromatic heterocycles. The van der Waals surface area contributed by atoms with Gasteiger partial charge in [-0.25, -0.2) is 9.98 Å². The van der Waals surface area contributed by atoms with E-state index >= 15 is 0 Å². The summed E-state index contributed by atoms with van der Waals surface area (Å²) in [6.07, 6.45) is 13.1. The fraction of sp³-hybridized carbons (Fsp3) is 0.560. The van der Waals surface area contributed by atoms with Crippen molar-refractivity contribution in [1.82, 2.24) is 0 Å². The minimum absolute atomic E-state index is 0.0537. The molecule has 2 fully saturated rings. The number of hydrogen-bond donors (Lipinski definition) is 2. The van der Waals surface area contributed by atoms with Crippen LogP contribution in [0.15, 0.2) is 45.9 Å². The number of carbonyl (C=O) groups is 1. The summed E-state index contributed by atoms with van der Waals surface area (Å²) in [5.74, 6) is 1.25. The van der Waals surface area contributed by atoms with E-state index in [1.165, 1.54) is 42.5 Å². The Morgan fingerprint density at radius 3 is 2.83 bits per heavy atom. The molecule has 1 heterocycles. The molecule has 0 saturated heterocycles. The summed E-state index contributed by atoms with van der Waals surface area (Å²) >= 11 is 0. The number of fused-ring (bicyclic) bond motifs is 1. The van der Waals surface area contributed by atoms with Gasteiger partial charge in [-0.2, -0.15) is 0 Å². The molecule has 3 atom stereocenters. The van der Waals surface area contributed by atoms with Crippen LogP contribution in [0.2, 0.25) is 0 Å². The Morgan fingerprint density at radius 2 is 2.03 bits per heavy atom. The first kappa shape index (κ1) is 19.5. The number of aliphatic carboxylic acids is 1. The van der Waals surface area contributed by atoms with Gasteiger partial charge in [0.25, 0.3) is 0 Å². The predicted octanol–water partition coefficient (Wildman–Crippen LogP) is 5.55. The summed E-state index contributed by atoms with van der Waals surface area (Å²) in [5.41, 5.74) is 4.76. The van der Waals surface area contributed by atoms with Crippen LogP contribution in [-0.2, 0) is 4.79 Å². The molecule has 2 saturated carbocycles. The molecule has 2 N–H and O–H groups in total. The highest BCUT2D eigenvalue weighted by atomic mass is 16.4. The Kier molecular flexibility index (Phi) is 5.45. The number of rotatable bonds is 6. The first-order chi connectivity index (χ1) is 14.7. The van der Waals surface area contributed by atoms with Gasteiger partial charge in [0.15, 0.2) is 0 Å². The van der Waals surface area contributed by atoms with Gasteiger partial charge in [0, 0.05) is 23.4 Å². The van der Waals surface area contributed by atoms with E-state index < -0.39 is 5.97 Å². The monoisotopic (exact) mass is 405 g/mol. The minimum Gasteiger partial charge on any atom is -0.481 e. The number of allylic oxidation sites excluding steroid dienone is 1. The molecule has 5 nitrogen and oxygen atoms in total. The van der Waals surface area contributed by atoms with Gasteiger partial charge in [-0.3, -0.25) is 4.79 Å². The lowest BCUT2D eigenvalue weighted by atomic mass is 9.95. The van der Waals surface area contributed by atoms with Crippen LogP contribution < -0.4 is 5.32 Å². The molecule has 0 radical (unpaired) electrons. The van der Waals surface area contributed by atoms with Crippen molar-refractivity contribution >= 4 is 23.2 Å². The van der Waals surface area contributed by atoms with E-state index in [4.69, 9.17) is 9.98 Å². The number of anilines is 1. The third kappa shape index (κ3) is 4.07. The zero-order valence-corrected chi connectivity index (χ0v) is 17.5. The molecular weight excluding hydrogens is 374 g/mol. The summed E-state index contributed by atoms with van der Waals surface area (Å²) in [6, 6.07) is 8.51.